The molecule has 1 atom stereocenters. The number of benzene rings is 12. The largest absolute Gasteiger partial charge is 0.310 e. The van der Waals surface area contributed by atoms with E-state index in [4.69, 9.17) is 0 Å². The van der Waals surface area contributed by atoms with Gasteiger partial charge in [0.25, 0.3) is 0 Å². The number of hydrogen-bond donors (Lipinski definition) is 0. The fraction of sp³-hybridized carbons (Fsp3) is 0.103. The van der Waals surface area contributed by atoms with Crippen molar-refractivity contribution < 1.29 is 0 Å². The van der Waals surface area contributed by atoms with Crippen molar-refractivity contribution in [3.05, 3.63) is 322 Å². The van der Waals surface area contributed by atoms with Crippen LogP contribution in [0.4, 0.5) is 34.1 Å². The number of hydrogen-bond acceptors (Lipinski definition) is 2. The molecule has 0 aromatic heterocycles. The molecule has 0 spiro atoms. The first-order valence-corrected chi connectivity index (χ1v) is 28.3. The average Bonchev–Trinajstić information content (AvgIpc) is 3.92. The predicted molar refractivity (Wildman–Crippen MR) is 337 cm³/mol. The van der Waals surface area contributed by atoms with Crippen molar-refractivity contribution in [2.75, 3.05) is 9.80 Å². The van der Waals surface area contributed by atoms with E-state index < -0.39 is 0 Å². The monoisotopic (exact) mass is 1020 g/mol. The second-order valence-corrected chi connectivity index (χ2v) is 23.1. The third-order valence-corrected chi connectivity index (χ3v) is 18.0. The van der Waals surface area contributed by atoms with E-state index in [9.17, 15) is 0 Å². The fourth-order valence-corrected chi connectivity index (χ4v) is 14.2. The van der Waals surface area contributed by atoms with Crippen molar-refractivity contribution in [2.45, 2.75) is 50.9 Å². The Bertz CT molecular complexity index is 4540. The zero-order valence-electron chi connectivity index (χ0n) is 45.7. The van der Waals surface area contributed by atoms with Crippen LogP contribution in [-0.2, 0) is 10.8 Å². The summed E-state index contributed by atoms with van der Waals surface area (Å²) in [6.45, 7) is 9.51. The molecule has 12 aromatic carbocycles. The first-order chi connectivity index (χ1) is 39.2. The zero-order valence-corrected chi connectivity index (χ0v) is 45.7. The Morgan fingerprint density at radius 2 is 0.675 bits per heavy atom. The molecular weight excluding hydrogens is 965 g/mol. The minimum atomic E-state index is -0.158. The van der Waals surface area contributed by atoms with E-state index in [-0.39, 0.29) is 16.7 Å². The lowest BCUT2D eigenvalue weighted by molar-refractivity contribution is 0.660. The summed E-state index contributed by atoms with van der Waals surface area (Å²) in [5.41, 5.74) is 23.7. The number of fused-ring (bicyclic) bond motifs is 12. The molecule has 1 unspecified atom stereocenters. The predicted octanol–water partition coefficient (Wildman–Crippen LogP) is 19.1. The number of rotatable bonds is 9. The maximum atomic E-state index is 2.50. The standard InChI is InChI=1S/C78H60N2/c1-77(2)70-36-22-20-34-60(70)62-42-38-58(48-72(62)77)79(54-30-16-8-17-31-54)56-40-44-64-68(46-56)69-47-57(80(55-32-18-9-19-33-55)59-39-43-63-61-35-21-23-37-71(61)78(3,4)73(63)49-59)41-45-65(69)76-74(53-28-14-7-15-29-53)66(51-24-10-5-11-25-51)50-67(75(64)76)52-26-12-6-13-27-52/h5-49,66H,50H2,1-4H3. The molecule has 0 radical (unpaired) electrons. The molecule has 12 aromatic rings. The summed E-state index contributed by atoms with van der Waals surface area (Å²) < 4.78 is 0. The molecule has 0 amide bonds. The van der Waals surface area contributed by atoms with Gasteiger partial charge in [0.2, 0.25) is 0 Å². The SMILES string of the molecule is CC1(C)c2ccccc2-c2ccc(N(c3ccccc3)c3ccc4c5c(c6ccc(N(c7ccccc7)c7ccc8c(c7)C(C)(C)c7ccccc7-8)cc6c4c3)=C(c3ccccc3)C(c3ccccc3)CC=5c3ccccc3)cc21. The number of nitrogens with zero attached hydrogens (tertiary/aromatic N) is 2. The molecule has 3 aliphatic carbocycles. The maximum absolute atomic E-state index is 2.50. The topological polar surface area (TPSA) is 6.48 Å². The van der Waals surface area contributed by atoms with Gasteiger partial charge >= 0.3 is 0 Å². The minimum absolute atomic E-state index is 0.101. The van der Waals surface area contributed by atoms with Gasteiger partial charge in [0, 0.05) is 50.9 Å². The second kappa shape index (κ2) is 18.6. The van der Waals surface area contributed by atoms with Crippen molar-refractivity contribution in [3.63, 3.8) is 0 Å². The minimum Gasteiger partial charge on any atom is -0.310 e. The van der Waals surface area contributed by atoms with Crippen LogP contribution in [0.15, 0.2) is 273 Å². The van der Waals surface area contributed by atoms with E-state index in [0.29, 0.717) is 0 Å². The molecule has 0 bridgehead atoms. The number of anilines is 6. The number of para-hydroxylation sites is 2. The Hall–Kier alpha value is -9.50. The van der Waals surface area contributed by atoms with Crippen LogP contribution in [0.25, 0.3) is 54.9 Å². The van der Waals surface area contributed by atoms with Crippen molar-refractivity contribution in [3.8, 4) is 22.3 Å². The van der Waals surface area contributed by atoms with Gasteiger partial charge in [-0.3, -0.25) is 0 Å². The molecule has 0 heterocycles. The van der Waals surface area contributed by atoms with Gasteiger partial charge in [-0.05, 0) is 184 Å². The van der Waals surface area contributed by atoms with Crippen molar-refractivity contribution in [1.29, 1.82) is 0 Å². The van der Waals surface area contributed by atoms with Gasteiger partial charge in [0.15, 0.2) is 0 Å². The Labute approximate surface area is 469 Å². The first-order valence-electron chi connectivity index (χ1n) is 28.3. The quantitative estimate of drug-likeness (QED) is 0.133. The molecule has 0 saturated heterocycles. The van der Waals surface area contributed by atoms with Crippen LogP contribution in [0.3, 0.4) is 0 Å². The molecule has 0 aliphatic heterocycles. The fourth-order valence-electron chi connectivity index (χ4n) is 14.2. The van der Waals surface area contributed by atoms with Gasteiger partial charge in [0.1, 0.15) is 0 Å². The van der Waals surface area contributed by atoms with Crippen LogP contribution in [0, 0.1) is 0 Å². The Balaban J connectivity index is 1.05. The van der Waals surface area contributed by atoms with E-state index in [2.05, 4.69) is 310 Å². The molecule has 0 fully saturated rings. The van der Waals surface area contributed by atoms with E-state index in [1.807, 2.05) is 0 Å². The van der Waals surface area contributed by atoms with Crippen molar-refractivity contribution >= 4 is 66.8 Å². The molecule has 2 heteroatoms. The van der Waals surface area contributed by atoms with Crippen LogP contribution in [0.2, 0.25) is 0 Å². The third kappa shape index (κ3) is 7.46. The molecule has 80 heavy (non-hydrogen) atoms. The molecule has 0 N–H and O–H groups in total. The summed E-state index contributed by atoms with van der Waals surface area (Å²) >= 11 is 0. The summed E-state index contributed by atoms with van der Waals surface area (Å²) in [7, 11) is 0. The van der Waals surface area contributed by atoms with E-state index in [1.54, 1.807) is 0 Å². The molecule has 0 saturated carbocycles. The van der Waals surface area contributed by atoms with Crippen LogP contribution >= 0.6 is 0 Å². The van der Waals surface area contributed by atoms with Crippen LogP contribution in [-0.4, -0.2) is 0 Å². The van der Waals surface area contributed by atoms with Gasteiger partial charge < -0.3 is 9.80 Å². The summed E-state index contributed by atoms with van der Waals surface area (Å²) in [6, 6.07) is 102. The van der Waals surface area contributed by atoms with Crippen LogP contribution in [0.5, 0.6) is 0 Å². The van der Waals surface area contributed by atoms with E-state index in [1.165, 1.54) is 104 Å². The van der Waals surface area contributed by atoms with Gasteiger partial charge in [-0.2, -0.15) is 0 Å². The normalized spacial score (nSPS) is 15.2. The van der Waals surface area contributed by atoms with Gasteiger partial charge in [-0.25, -0.2) is 0 Å². The molecular formula is C78H60N2. The second-order valence-electron chi connectivity index (χ2n) is 23.1. The summed E-state index contributed by atoms with van der Waals surface area (Å²) in [5, 5.41) is 7.52. The summed E-state index contributed by atoms with van der Waals surface area (Å²) in [4.78, 5) is 4.95. The average molecular weight is 1030 g/mol. The zero-order chi connectivity index (χ0) is 53.7. The lowest BCUT2D eigenvalue weighted by Gasteiger charge is -2.31. The van der Waals surface area contributed by atoms with Crippen molar-refractivity contribution in [2.24, 2.45) is 0 Å². The smallest absolute Gasteiger partial charge is 0.0468 e. The third-order valence-electron chi connectivity index (χ3n) is 18.0. The highest BCUT2D eigenvalue weighted by Crippen LogP contribution is 2.53. The summed E-state index contributed by atoms with van der Waals surface area (Å²) in [5.74, 6) is 0.101. The highest BCUT2D eigenvalue weighted by atomic mass is 15.1. The Morgan fingerprint density at radius 1 is 0.300 bits per heavy atom. The first kappa shape index (κ1) is 47.7. The maximum Gasteiger partial charge on any atom is 0.0468 e. The molecule has 2 nitrogen and oxygen atoms in total. The van der Waals surface area contributed by atoms with E-state index in [0.717, 1.165) is 40.5 Å². The lowest BCUT2D eigenvalue weighted by Crippen LogP contribution is -2.37. The Morgan fingerprint density at radius 3 is 1.16 bits per heavy atom. The Kier molecular flexibility index (Phi) is 11.1. The van der Waals surface area contributed by atoms with Crippen molar-refractivity contribution in [1.82, 2.24) is 0 Å². The van der Waals surface area contributed by atoms with E-state index >= 15 is 0 Å². The highest BCUT2D eigenvalue weighted by molar-refractivity contribution is 6.13. The van der Waals surface area contributed by atoms with Gasteiger partial charge in [0.05, 0.1) is 0 Å². The highest BCUT2D eigenvalue weighted by Gasteiger charge is 2.38. The van der Waals surface area contributed by atoms with Crippen LogP contribution < -0.4 is 20.2 Å². The van der Waals surface area contributed by atoms with Gasteiger partial charge in [-0.15, -0.1) is 0 Å². The molecule has 382 valence electrons. The summed E-state index contributed by atoms with van der Waals surface area (Å²) in [6.07, 6.45) is 0.857. The molecule has 3 aliphatic rings. The van der Waals surface area contributed by atoms with Gasteiger partial charge in [-0.1, -0.05) is 228 Å². The molecule has 15 rings (SSSR count). The van der Waals surface area contributed by atoms with Crippen LogP contribution in [0.1, 0.15) is 79.0 Å². The lowest BCUT2D eigenvalue weighted by atomic mass is 9.74.